The van der Waals surface area contributed by atoms with Gasteiger partial charge in [-0.25, -0.2) is 13.8 Å². The first-order valence-corrected chi connectivity index (χ1v) is 4.13. The Morgan fingerprint density at radius 3 is 2.33 bits per heavy atom. The van der Waals surface area contributed by atoms with Gasteiger partial charge in [0.25, 0.3) is 6.43 Å². The molecule has 0 aliphatic carbocycles. The van der Waals surface area contributed by atoms with Crippen molar-refractivity contribution in [3.05, 3.63) is 33.1 Å². The molecule has 1 rings (SSSR count). The highest BCUT2D eigenvalue weighted by atomic mass is 19.4. The summed E-state index contributed by atoms with van der Waals surface area (Å²) in [5.74, 6) is 0. The Balaban J connectivity index is 3.64. The van der Waals surface area contributed by atoms with Crippen molar-refractivity contribution in [1.82, 2.24) is 4.98 Å². The van der Waals surface area contributed by atoms with Crippen LogP contribution < -0.4 is 0 Å². The number of aromatic nitrogens is 1. The van der Waals surface area contributed by atoms with Gasteiger partial charge in [-0.05, 0) is 0 Å². The number of hydrogen-bond acceptors (Lipinski definition) is 4. The van der Waals surface area contributed by atoms with Crippen molar-refractivity contribution < 1.29 is 26.9 Å². The van der Waals surface area contributed by atoms with E-state index >= 15 is 0 Å². The van der Waals surface area contributed by atoms with Crippen LogP contribution in [-0.4, -0.2) is 9.91 Å². The fourth-order valence-electron chi connectivity index (χ4n) is 1.12. The van der Waals surface area contributed by atoms with Crippen LogP contribution in [0.2, 0.25) is 0 Å². The second-order valence-corrected chi connectivity index (χ2v) is 2.96. The minimum absolute atomic E-state index is 0.0129. The van der Waals surface area contributed by atoms with Crippen LogP contribution in [0.1, 0.15) is 23.4 Å². The van der Waals surface area contributed by atoms with E-state index in [4.69, 9.17) is 5.26 Å². The van der Waals surface area contributed by atoms with Gasteiger partial charge in [-0.1, -0.05) is 0 Å². The average Bonchev–Trinajstić information content (AvgIpc) is 2.25. The largest absolute Gasteiger partial charge is 0.440 e. The first-order chi connectivity index (χ1) is 8.18. The highest BCUT2D eigenvalue weighted by molar-refractivity contribution is 5.46. The fourth-order valence-corrected chi connectivity index (χ4v) is 1.12. The zero-order valence-corrected chi connectivity index (χ0v) is 8.20. The summed E-state index contributed by atoms with van der Waals surface area (Å²) in [6, 6.07) is 1.05. The van der Waals surface area contributed by atoms with Crippen molar-refractivity contribution in [2.45, 2.75) is 12.6 Å². The number of halogens is 5. The first-order valence-electron chi connectivity index (χ1n) is 4.13. The van der Waals surface area contributed by atoms with Crippen molar-refractivity contribution in [2.75, 3.05) is 0 Å². The molecule has 0 spiro atoms. The Kier molecular flexibility index (Phi) is 3.45. The van der Waals surface area contributed by atoms with Crippen LogP contribution in [0.25, 0.3) is 0 Å². The van der Waals surface area contributed by atoms with Crippen molar-refractivity contribution >= 4 is 5.69 Å². The molecule has 96 valence electrons. The van der Waals surface area contributed by atoms with Gasteiger partial charge in [-0.2, -0.15) is 18.4 Å². The third kappa shape index (κ3) is 2.50. The number of nitro groups is 1. The molecule has 10 heteroatoms. The van der Waals surface area contributed by atoms with E-state index in [1.165, 1.54) is 0 Å². The van der Waals surface area contributed by atoms with E-state index in [-0.39, 0.29) is 6.07 Å². The van der Waals surface area contributed by atoms with Gasteiger partial charge < -0.3 is 0 Å². The number of pyridine rings is 1. The van der Waals surface area contributed by atoms with Crippen LogP contribution in [0.3, 0.4) is 0 Å². The Morgan fingerprint density at radius 2 is 2.00 bits per heavy atom. The molecule has 5 nitrogen and oxygen atoms in total. The number of hydrogen-bond donors (Lipinski definition) is 0. The molecule has 0 amide bonds. The molecule has 0 aromatic carbocycles. The monoisotopic (exact) mass is 267 g/mol. The lowest BCUT2D eigenvalue weighted by Crippen LogP contribution is -2.14. The number of nitrogens with zero attached hydrogens (tertiary/aromatic N) is 3. The number of nitriles is 1. The van der Waals surface area contributed by atoms with E-state index in [1.807, 2.05) is 0 Å². The third-order valence-corrected chi connectivity index (χ3v) is 1.84. The quantitative estimate of drug-likeness (QED) is 0.468. The molecule has 0 bridgehead atoms. The second-order valence-electron chi connectivity index (χ2n) is 2.96. The summed E-state index contributed by atoms with van der Waals surface area (Å²) >= 11 is 0. The van der Waals surface area contributed by atoms with E-state index < -0.39 is 40.2 Å². The third-order valence-electron chi connectivity index (χ3n) is 1.84. The molecule has 0 N–H and O–H groups in total. The lowest BCUT2D eigenvalue weighted by Gasteiger charge is -2.09. The molecule has 0 atom stereocenters. The van der Waals surface area contributed by atoms with E-state index in [0.29, 0.717) is 0 Å². The standard InChI is InChI=1S/C8H2F5N3O2/c9-7(10)3-1-5(16(17)18)6(8(11,12)13)15-4(3)2-14/h1,7H. The van der Waals surface area contributed by atoms with Crippen LogP contribution in [0.4, 0.5) is 27.6 Å². The van der Waals surface area contributed by atoms with Gasteiger partial charge in [0.2, 0.25) is 5.69 Å². The Labute approximate surface area is 95.6 Å². The maximum atomic E-state index is 12.4. The zero-order chi connectivity index (χ0) is 14.1. The summed E-state index contributed by atoms with van der Waals surface area (Å²) in [7, 11) is 0. The van der Waals surface area contributed by atoms with Crippen molar-refractivity contribution in [3.8, 4) is 6.07 Å². The van der Waals surface area contributed by atoms with Crippen LogP contribution in [0, 0.1) is 21.4 Å². The molecular formula is C8H2F5N3O2. The van der Waals surface area contributed by atoms with Gasteiger partial charge in [-0.3, -0.25) is 10.1 Å². The van der Waals surface area contributed by atoms with Gasteiger partial charge in [0.15, 0.2) is 5.69 Å². The maximum Gasteiger partial charge on any atom is 0.440 e. The van der Waals surface area contributed by atoms with E-state index in [1.54, 1.807) is 0 Å². The topological polar surface area (TPSA) is 79.8 Å². The summed E-state index contributed by atoms with van der Waals surface area (Å²) in [5.41, 5.74) is -6.00. The van der Waals surface area contributed by atoms with Gasteiger partial charge >= 0.3 is 11.9 Å². The molecule has 1 heterocycles. The molecule has 0 aliphatic heterocycles. The molecule has 0 radical (unpaired) electrons. The smallest absolute Gasteiger partial charge is 0.258 e. The SMILES string of the molecule is N#Cc1nc(C(F)(F)F)c([N+](=O)[O-])cc1C(F)F. The fraction of sp³-hybridized carbons (Fsp3) is 0.250. The van der Waals surface area contributed by atoms with E-state index in [2.05, 4.69) is 4.98 Å². The molecule has 0 aliphatic rings. The average molecular weight is 267 g/mol. The predicted molar refractivity (Wildman–Crippen MR) is 45.6 cm³/mol. The number of rotatable bonds is 2. The lowest BCUT2D eigenvalue weighted by molar-refractivity contribution is -0.388. The first kappa shape index (κ1) is 13.8. The minimum atomic E-state index is -5.21. The molecule has 0 saturated heterocycles. The minimum Gasteiger partial charge on any atom is -0.258 e. The summed E-state index contributed by atoms with van der Waals surface area (Å²) in [4.78, 5) is 11.5. The summed E-state index contributed by atoms with van der Waals surface area (Å²) in [5, 5.41) is 18.8. The zero-order valence-electron chi connectivity index (χ0n) is 8.20. The van der Waals surface area contributed by atoms with Crippen LogP contribution in [-0.2, 0) is 6.18 Å². The van der Waals surface area contributed by atoms with Crippen LogP contribution in [0.5, 0.6) is 0 Å². The molecule has 0 unspecified atom stereocenters. The number of alkyl halides is 5. The van der Waals surface area contributed by atoms with Gasteiger partial charge in [0, 0.05) is 6.07 Å². The highest BCUT2D eigenvalue weighted by Gasteiger charge is 2.42. The lowest BCUT2D eigenvalue weighted by atomic mass is 10.1. The molecule has 0 saturated carbocycles. The van der Waals surface area contributed by atoms with Crippen LogP contribution >= 0.6 is 0 Å². The molecular weight excluding hydrogens is 265 g/mol. The van der Waals surface area contributed by atoms with Crippen molar-refractivity contribution in [2.24, 2.45) is 0 Å². The summed E-state index contributed by atoms with van der Waals surface area (Å²) in [6.07, 6.45) is -8.55. The summed E-state index contributed by atoms with van der Waals surface area (Å²) in [6.45, 7) is 0. The van der Waals surface area contributed by atoms with Gasteiger partial charge in [-0.15, -0.1) is 0 Å². The van der Waals surface area contributed by atoms with E-state index in [0.717, 1.165) is 6.07 Å². The Bertz CT molecular complexity index is 535. The molecule has 0 fully saturated rings. The normalized spacial score (nSPS) is 11.4. The molecule has 1 aromatic heterocycles. The van der Waals surface area contributed by atoms with Crippen molar-refractivity contribution in [1.29, 1.82) is 5.26 Å². The van der Waals surface area contributed by atoms with Crippen molar-refractivity contribution in [3.63, 3.8) is 0 Å². The van der Waals surface area contributed by atoms with Gasteiger partial charge in [0.05, 0.1) is 10.5 Å². The highest BCUT2D eigenvalue weighted by Crippen LogP contribution is 2.37. The second kappa shape index (κ2) is 4.52. The maximum absolute atomic E-state index is 12.4. The Hall–Kier alpha value is -2.31. The van der Waals surface area contributed by atoms with E-state index in [9.17, 15) is 32.1 Å². The molecule has 1 aromatic rings. The summed E-state index contributed by atoms with van der Waals surface area (Å²) < 4.78 is 62.0. The van der Waals surface area contributed by atoms with Crippen LogP contribution in [0.15, 0.2) is 6.07 Å². The molecule has 18 heavy (non-hydrogen) atoms. The van der Waals surface area contributed by atoms with Gasteiger partial charge in [0.1, 0.15) is 6.07 Å². The Morgan fingerprint density at radius 1 is 1.44 bits per heavy atom. The predicted octanol–water partition coefficient (Wildman–Crippen LogP) is 2.82.